The van der Waals surface area contributed by atoms with Crippen LogP contribution in [0.4, 0.5) is 8.78 Å². The molecule has 0 saturated carbocycles. The van der Waals surface area contributed by atoms with Crippen LogP contribution in [0.3, 0.4) is 0 Å². The number of carbonyl (C=O) groups excluding carboxylic acids is 1. The van der Waals surface area contributed by atoms with Gasteiger partial charge in [-0.25, -0.2) is 0 Å². The number of amides is 1. The number of alkyl halides is 2. The number of halogens is 3. The standard InChI is InChI=1S/C17H23ClF2N4O2/c1-22-17(24-6-2-3-11(10-24)7-15(21)25)23-9-12-8-13(18)4-5-14(12)26-16(19)20/h4-5,8,11,16H,2-3,6-7,9-10H2,1H3,(H2,21,25)(H,22,23). The van der Waals surface area contributed by atoms with Gasteiger partial charge in [0.15, 0.2) is 5.96 Å². The van der Waals surface area contributed by atoms with Gasteiger partial charge in [0.2, 0.25) is 5.91 Å². The molecule has 1 aliphatic rings. The van der Waals surface area contributed by atoms with Crippen LogP contribution >= 0.6 is 11.6 Å². The van der Waals surface area contributed by atoms with Crippen LogP contribution in [-0.4, -0.2) is 43.5 Å². The van der Waals surface area contributed by atoms with E-state index in [2.05, 4.69) is 15.0 Å². The third kappa shape index (κ3) is 6.01. The third-order valence-electron chi connectivity index (χ3n) is 4.20. The van der Waals surface area contributed by atoms with Gasteiger partial charge in [-0.2, -0.15) is 8.78 Å². The molecule has 3 N–H and O–H groups in total. The Kier molecular flexibility index (Phi) is 7.44. The summed E-state index contributed by atoms with van der Waals surface area (Å²) in [4.78, 5) is 17.4. The monoisotopic (exact) mass is 388 g/mol. The van der Waals surface area contributed by atoms with Crippen molar-refractivity contribution < 1.29 is 18.3 Å². The van der Waals surface area contributed by atoms with Crippen LogP contribution in [0.2, 0.25) is 5.02 Å². The molecule has 1 unspecified atom stereocenters. The second-order valence-electron chi connectivity index (χ2n) is 6.16. The highest BCUT2D eigenvalue weighted by Gasteiger charge is 2.23. The van der Waals surface area contributed by atoms with Crippen LogP contribution in [-0.2, 0) is 11.3 Å². The number of primary amides is 1. The summed E-state index contributed by atoms with van der Waals surface area (Å²) in [5, 5.41) is 3.57. The SMILES string of the molecule is CN=C(NCc1cc(Cl)ccc1OC(F)F)N1CCCC(CC(N)=O)C1. The van der Waals surface area contributed by atoms with Gasteiger partial charge in [-0.15, -0.1) is 0 Å². The Balaban J connectivity index is 2.03. The number of piperidine rings is 1. The summed E-state index contributed by atoms with van der Waals surface area (Å²) < 4.78 is 29.7. The van der Waals surface area contributed by atoms with E-state index in [0.717, 1.165) is 19.4 Å². The molecule has 0 bridgehead atoms. The Bertz CT molecular complexity index is 658. The molecule has 1 aliphatic heterocycles. The van der Waals surface area contributed by atoms with E-state index in [1.54, 1.807) is 13.1 Å². The molecule has 1 heterocycles. The Morgan fingerprint density at radius 1 is 1.54 bits per heavy atom. The van der Waals surface area contributed by atoms with Crippen molar-refractivity contribution in [2.75, 3.05) is 20.1 Å². The number of guanidine groups is 1. The number of benzene rings is 1. The fourth-order valence-electron chi connectivity index (χ4n) is 3.11. The van der Waals surface area contributed by atoms with Crippen molar-refractivity contribution >= 4 is 23.5 Å². The zero-order valence-electron chi connectivity index (χ0n) is 14.6. The number of rotatable bonds is 6. The molecule has 0 aliphatic carbocycles. The van der Waals surface area contributed by atoms with Crippen LogP contribution in [0.5, 0.6) is 5.75 Å². The van der Waals surface area contributed by atoms with Crippen molar-refractivity contribution in [1.29, 1.82) is 0 Å². The van der Waals surface area contributed by atoms with E-state index in [4.69, 9.17) is 17.3 Å². The minimum Gasteiger partial charge on any atom is -0.434 e. The first-order chi connectivity index (χ1) is 12.4. The van der Waals surface area contributed by atoms with Gasteiger partial charge in [0, 0.05) is 43.7 Å². The summed E-state index contributed by atoms with van der Waals surface area (Å²) in [7, 11) is 1.65. The summed E-state index contributed by atoms with van der Waals surface area (Å²) in [6.07, 6.45) is 2.21. The highest BCUT2D eigenvalue weighted by molar-refractivity contribution is 6.30. The number of likely N-dealkylation sites (tertiary alicyclic amines) is 1. The lowest BCUT2D eigenvalue weighted by molar-refractivity contribution is -0.119. The number of aliphatic imine (C=N–C) groups is 1. The Labute approximate surface area is 156 Å². The van der Waals surface area contributed by atoms with Crippen LogP contribution in [0.15, 0.2) is 23.2 Å². The fourth-order valence-corrected chi connectivity index (χ4v) is 3.31. The van der Waals surface area contributed by atoms with Crippen molar-refractivity contribution in [2.45, 2.75) is 32.4 Å². The molecule has 1 amide bonds. The number of nitrogens with two attached hydrogens (primary N) is 1. The molecule has 1 aromatic rings. The van der Waals surface area contributed by atoms with Crippen LogP contribution < -0.4 is 15.8 Å². The predicted octanol–water partition coefficient (Wildman–Crippen LogP) is 2.60. The molecule has 26 heavy (non-hydrogen) atoms. The fraction of sp³-hybridized carbons (Fsp3) is 0.529. The lowest BCUT2D eigenvalue weighted by Gasteiger charge is -2.34. The summed E-state index contributed by atoms with van der Waals surface area (Å²) in [5.41, 5.74) is 5.80. The van der Waals surface area contributed by atoms with E-state index in [9.17, 15) is 13.6 Å². The van der Waals surface area contributed by atoms with Crippen molar-refractivity contribution in [2.24, 2.45) is 16.6 Å². The van der Waals surface area contributed by atoms with E-state index in [0.29, 0.717) is 29.5 Å². The highest BCUT2D eigenvalue weighted by atomic mass is 35.5. The van der Waals surface area contributed by atoms with Crippen molar-refractivity contribution in [3.05, 3.63) is 28.8 Å². The van der Waals surface area contributed by atoms with Gasteiger partial charge in [0.1, 0.15) is 5.75 Å². The first-order valence-electron chi connectivity index (χ1n) is 8.36. The van der Waals surface area contributed by atoms with Gasteiger partial charge in [0.25, 0.3) is 0 Å². The Morgan fingerprint density at radius 2 is 2.31 bits per heavy atom. The average molecular weight is 389 g/mol. The average Bonchev–Trinajstić information content (AvgIpc) is 2.57. The maximum absolute atomic E-state index is 12.6. The quantitative estimate of drug-likeness (QED) is 0.580. The number of nitrogens with one attached hydrogen (secondary N) is 1. The molecule has 144 valence electrons. The number of ether oxygens (including phenoxy) is 1. The maximum Gasteiger partial charge on any atom is 0.387 e. The van der Waals surface area contributed by atoms with Crippen molar-refractivity contribution in [3.8, 4) is 5.75 Å². The molecule has 1 fully saturated rings. The summed E-state index contributed by atoms with van der Waals surface area (Å²) in [6, 6.07) is 4.49. The maximum atomic E-state index is 12.6. The third-order valence-corrected chi connectivity index (χ3v) is 4.43. The zero-order chi connectivity index (χ0) is 19.1. The molecule has 6 nitrogen and oxygen atoms in total. The van der Waals surface area contributed by atoms with Gasteiger partial charge in [-0.3, -0.25) is 9.79 Å². The summed E-state index contributed by atoms with van der Waals surface area (Å²) >= 11 is 5.96. The zero-order valence-corrected chi connectivity index (χ0v) is 15.3. The van der Waals surface area contributed by atoms with Crippen LogP contribution in [0.25, 0.3) is 0 Å². The van der Waals surface area contributed by atoms with E-state index in [1.807, 2.05) is 4.90 Å². The number of hydrogen-bond acceptors (Lipinski definition) is 3. The predicted molar refractivity (Wildman–Crippen MR) is 96.4 cm³/mol. The molecule has 0 spiro atoms. The molecule has 2 rings (SSSR count). The highest BCUT2D eigenvalue weighted by Crippen LogP contribution is 2.25. The molecule has 1 atom stereocenters. The van der Waals surface area contributed by atoms with Crippen molar-refractivity contribution in [1.82, 2.24) is 10.2 Å². The van der Waals surface area contributed by atoms with Gasteiger partial charge >= 0.3 is 6.61 Å². The van der Waals surface area contributed by atoms with E-state index in [-0.39, 0.29) is 24.1 Å². The molecular formula is C17H23ClF2N4O2. The normalized spacial score (nSPS) is 18.1. The first kappa shape index (κ1) is 20.2. The molecule has 9 heteroatoms. The minimum atomic E-state index is -2.91. The second-order valence-corrected chi connectivity index (χ2v) is 6.59. The smallest absolute Gasteiger partial charge is 0.387 e. The minimum absolute atomic E-state index is 0.0672. The molecule has 1 saturated heterocycles. The van der Waals surface area contributed by atoms with Gasteiger partial charge in [-0.05, 0) is 37.0 Å². The van der Waals surface area contributed by atoms with E-state index in [1.165, 1.54) is 12.1 Å². The second kappa shape index (κ2) is 9.56. The molecule has 0 aromatic heterocycles. The number of hydrogen-bond donors (Lipinski definition) is 2. The number of nitrogens with zero attached hydrogens (tertiary/aromatic N) is 2. The Hall–Kier alpha value is -2.09. The summed E-state index contributed by atoms with van der Waals surface area (Å²) in [5.74, 6) is 0.566. The lowest BCUT2D eigenvalue weighted by Crippen LogP contribution is -2.46. The Morgan fingerprint density at radius 3 is 2.96 bits per heavy atom. The lowest BCUT2D eigenvalue weighted by atomic mass is 9.95. The van der Waals surface area contributed by atoms with Crippen LogP contribution in [0.1, 0.15) is 24.8 Å². The first-order valence-corrected chi connectivity index (χ1v) is 8.74. The van der Waals surface area contributed by atoms with E-state index >= 15 is 0 Å². The van der Waals surface area contributed by atoms with Gasteiger partial charge in [-0.1, -0.05) is 11.6 Å². The van der Waals surface area contributed by atoms with Gasteiger partial charge in [0.05, 0.1) is 0 Å². The van der Waals surface area contributed by atoms with Gasteiger partial charge < -0.3 is 20.7 Å². The van der Waals surface area contributed by atoms with E-state index < -0.39 is 6.61 Å². The topological polar surface area (TPSA) is 80.0 Å². The molecule has 0 radical (unpaired) electrons. The largest absolute Gasteiger partial charge is 0.434 e. The summed E-state index contributed by atoms with van der Waals surface area (Å²) in [6.45, 7) is -1.22. The number of carbonyl (C=O) groups is 1. The molecular weight excluding hydrogens is 366 g/mol. The van der Waals surface area contributed by atoms with Crippen LogP contribution in [0, 0.1) is 5.92 Å². The molecule has 1 aromatic carbocycles. The van der Waals surface area contributed by atoms with Crippen molar-refractivity contribution in [3.63, 3.8) is 0 Å².